The van der Waals surface area contributed by atoms with Gasteiger partial charge >= 0.3 is 5.97 Å². The molecular formula is C13H12O4S. The van der Waals surface area contributed by atoms with Crippen LogP contribution >= 0.6 is 11.8 Å². The Balaban J connectivity index is 2.29. The molecule has 94 valence electrons. The van der Waals surface area contributed by atoms with E-state index in [9.17, 15) is 9.59 Å². The van der Waals surface area contributed by atoms with E-state index in [1.54, 1.807) is 0 Å². The first kappa shape index (κ1) is 12.7. The van der Waals surface area contributed by atoms with Gasteiger partial charge in [-0.05, 0) is 12.5 Å². The average molecular weight is 264 g/mol. The molecule has 0 aliphatic carbocycles. The largest absolute Gasteiger partial charge is 0.484 e. The molecule has 5 heteroatoms. The monoisotopic (exact) mass is 264 g/mol. The fourth-order valence-electron chi connectivity index (χ4n) is 1.80. The van der Waals surface area contributed by atoms with Crippen molar-refractivity contribution in [2.75, 3.05) is 6.61 Å². The van der Waals surface area contributed by atoms with Gasteiger partial charge < -0.3 is 9.84 Å². The number of carboxylic acid groups (broad SMARTS) is 1. The van der Waals surface area contributed by atoms with Crippen LogP contribution in [-0.2, 0) is 19.1 Å². The summed E-state index contributed by atoms with van der Waals surface area (Å²) in [5, 5.41) is 8.51. The minimum atomic E-state index is -1.06. The Morgan fingerprint density at radius 3 is 2.67 bits per heavy atom. The van der Waals surface area contributed by atoms with Crippen molar-refractivity contribution in [3.8, 4) is 0 Å². The van der Waals surface area contributed by atoms with Gasteiger partial charge in [0, 0.05) is 6.08 Å². The molecular weight excluding hydrogens is 252 g/mol. The lowest BCUT2D eigenvalue weighted by molar-refractivity contribution is -0.141. The smallest absolute Gasteiger partial charge is 0.341 e. The van der Waals surface area contributed by atoms with Crippen LogP contribution in [0.25, 0.3) is 0 Å². The van der Waals surface area contributed by atoms with Gasteiger partial charge in [0.1, 0.15) is 10.5 Å². The Bertz CT molecular complexity index is 509. The minimum Gasteiger partial charge on any atom is -0.484 e. The van der Waals surface area contributed by atoms with Gasteiger partial charge in [0.2, 0.25) is 5.12 Å². The molecule has 1 aliphatic rings. The van der Waals surface area contributed by atoms with Crippen molar-refractivity contribution in [3.05, 3.63) is 47.7 Å². The third kappa shape index (κ3) is 2.41. The van der Waals surface area contributed by atoms with Crippen LogP contribution in [0.5, 0.6) is 0 Å². The second-order valence-electron chi connectivity index (χ2n) is 4.01. The van der Waals surface area contributed by atoms with E-state index in [2.05, 4.69) is 0 Å². The molecule has 0 fully saturated rings. The van der Waals surface area contributed by atoms with Gasteiger partial charge in [-0.2, -0.15) is 0 Å². The quantitative estimate of drug-likeness (QED) is 0.902. The molecule has 0 aromatic heterocycles. The van der Waals surface area contributed by atoms with Crippen LogP contribution in [0.1, 0.15) is 12.5 Å². The van der Waals surface area contributed by atoms with E-state index in [1.807, 2.05) is 37.3 Å². The Hall–Kier alpha value is -1.75. The summed E-state index contributed by atoms with van der Waals surface area (Å²) in [4.78, 5) is 22.1. The normalized spacial score (nSPS) is 22.7. The van der Waals surface area contributed by atoms with Crippen molar-refractivity contribution in [1.82, 2.24) is 0 Å². The molecule has 0 saturated heterocycles. The van der Waals surface area contributed by atoms with Gasteiger partial charge in [-0.25, -0.2) is 4.79 Å². The van der Waals surface area contributed by atoms with Crippen LogP contribution in [0.15, 0.2) is 42.2 Å². The first-order chi connectivity index (χ1) is 8.52. The predicted octanol–water partition coefficient (Wildman–Crippen LogP) is 2.16. The minimum absolute atomic E-state index is 0.123. The van der Waals surface area contributed by atoms with Gasteiger partial charge in [-0.15, -0.1) is 0 Å². The maximum Gasteiger partial charge on any atom is 0.341 e. The predicted molar refractivity (Wildman–Crippen MR) is 68.1 cm³/mol. The van der Waals surface area contributed by atoms with E-state index >= 15 is 0 Å². The molecule has 1 aliphatic heterocycles. The fraction of sp³-hybridized carbons (Fsp3) is 0.231. The highest BCUT2D eigenvalue weighted by molar-refractivity contribution is 8.15. The van der Waals surface area contributed by atoms with E-state index < -0.39 is 17.3 Å². The fourth-order valence-corrected chi connectivity index (χ4v) is 2.84. The van der Waals surface area contributed by atoms with E-state index in [-0.39, 0.29) is 5.12 Å². The van der Waals surface area contributed by atoms with Crippen molar-refractivity contribution >= 4 is 22.8 Å². The molecule has 0 spiro atoms. The standard InChI is InChI=1S/C13H12O4S/c1-13(9-5-3-2-4-6-9)10(7-12(16)18-13)17-8-11(14)15/h2-7H,8H2,1H3,(H,14,15). The Kier molecular flexibility index (Phi) is 3.43. The zero-order valence-corrected chi connectivity index (χ0v) is 10.6. The number of carbonyl (C=O) groups is 2. The van der Waals surface area contributed by atoms with E-state index in [1.165, 1.54) is 6.08 Å². The number of carboxylic acids is 1. The molecule has 0 amide bonds. The van der Waals surface area contributed by atoms with Crippen LogP contribution in [0, 0.1) is 0 Å². The summed E-state index contributed by atoms with van der Waals surface area (Å²) in [6.45, 7) is 1.41. The Morgan fingerprint density at radius 2 is 2.06 bits per heavy atom. The summed E-state index contributed by atoms with van der Waals surface area (Å²) in [6, 6.07) is 9.42. The molecule has 1 N–H and O–H groups in total. The molecule has 4 nitrogen and oxygen atoms in total. The lowest BCUT2D eigenvalue weighted by Gasteiger charge is -2.26. The van der Waals surface area contributed by atoms with Crippen molar-refractivity contribution in [1.29, 1.82) is 0 Å². The molecule has 18 heavy (non-hydrogen) atoms. The van der Waals surface area contributed by atoms with Crippen LogP contribution in [-0.4, -0.2) is 22.8 Å². The molecule has 1 unspecified atom stereocenters. The van der Waals surface area contributed by atoms with Gasteiger partial charge in [0.05, 0.1) is 0 Å². The van der Waals surface area contributed by atoms with Crippen LogP contribution in [0.3, 0.4) is 0 Å². The molecule has 1 atom stereocenters. The lowest BCUT2D eigenvalue weighted by Crippen LogP contribution is -2.21. The Morgan fingerprint density at radius 1 is 1.39 bits per heavy atom. The highest BCUT2D eigenvalue weighted by Gasteiger charge is 2.41. The summed E-state index contributed by atoms with van der Waals surface area (Å²) in [7, 11) is 0. The molecule has 1 heterocycles. The number of benzene rings is 1. The first-order valence-electron chi connectivity index (χ1n) is 5.37. The zero-order valence-electron chi connectivity index (χ0n) is 9.75. The zero-order chi connectivity index (χ0) is 13.2. The van der Waals surface area contributed by atoms with Crippen molar-refractivity contribution in [2.24, 2.45) is 0 Å². The van der Waals surface area contributed by atoms with E-state index in [0.717, 1.165) is 17.3 Å². The number of rotatable bonds is 4. The number of thioether (sulfide) groups is 1. The second kappa shape index (κ2) is 4.86. The maximum atomic E-state index is 11.5. The highest BCUT2D eigenvalue weighted by Crippen LogP contribution is 2.48. The summed E-state index contributed by atoms with van der Waals surface area (Å²) < 4.78 is 4.58. The topological polar surface area (TPSA) is 63.6 Å². The number of aliphatic carboxylic acids is 1. The van der Waals surface area contributed by atoms with Crippen molar-refractivity contribution < 1.29 is 19.4 Å². The molecule has 0 bridgehead atoms. The van der Waals surface area contributed by atoms with Gasteiger partial charge in [-0.1, -0.05) is 42.1 Å². The lowest BCUT2D eigenvalue weighted by atomic mass is 9.98. The summed E-state index contributed by atoms with van der Waals surface area (Å²) in [5.74, 6) is -0.665. The van der Waals surface area contributed by atoms with Gasteiger partial charge in [0.15, 0.2) is 6.61 Å². The SMILES string of the molecule is CC1(c2ccccc2)SC(=O)C=C1OCC(=O)O. The number of hydrogen-bond donors (Lipinski definition) is 1. The summed E-state index contributed by atoms with van der Waals surface area (Å²) >= 11 is 1.13. The molecule has 0 radical (unpaired) electrons. The number of hydrogen-bond acceptors (Lipinski definition) is 4. The van der Waals surface area contributed by atoms with Gasteiger partial charge in [-0.3, -0.25) is 4.79 Å². The molecule has 2 rings (SSSR count). The van der Waals surface area contributed by atoms with Gasteiger partial charge in [0.25, 0.3) is 0 Å². The average Bonchev–Trinajstić information content (AvgIpc) is 2.64. The molecule has 0 saturated carbocycles. The Labute approximate surface area is 109 Å². The van der Waals surface area contributed by atoms with E-state index in [0.29, 0.717) is 5.76 Å². The summed E-state index contributed by atoms with van der Waals surface area (Å²) in [5.41, 5.74) is 0.914. The van der Waals surface area contributed by atoms with Crippen molar-refractivity contribution in [2.45, 2.75) is 11.7 Å². The van der Waals surface area contributed by atoms with E-state index in [4.69, 9.17) is 9.84 Å². The summed E-state index contributed by atoms with van der Waals surface area (Å²) in [6.07, 6.45) is 1.36. The second-order valence-corrected chi connectivity index (χ2v) is 5.43. The van der Waals surface area contributed by atoms with Crippen LogP contribution < -0.4 is 0 Å². The number of carbonyl (C=O) groups excluding carboxylic acids is 1. The highest BCUT2D eigenvalue weighted by atomic mass is 32.2. The van der Waals surface area contributed by atoms with Crippen molar-refractivity contribution in [3.63, 3.8) is 0 Å². The molecule has 1 aromatic carbocycles. The third-order valence-corrected chi connectivity index (χ3v) is 3.86. The van der Waals surface area contributed by atoms with Crippen LogP contribution in [0.4, 0.5) is 0 Å². The first-order valence-corrected chi connectivity index (χ1v) is 6.19. The maximum absolute atomic E-state index is 11.5. The number of ether oxygens (including phenoxy) is 1. The van der Waals surface area contributed by atoms with Crippen LogP contribution in [0.2, 0.25) is 0 Å². The third-order valence-electron chi connectivity index (χ3n) is 2.70. The molecule has 1 aromatic rings.